The summed E-state index contributed by atoms with van der Waals surface area (Å²) in [6, 6.07) is -0.560. The number of aliphatic carboxylic acids is 1. The maximum absolute atomic E-state index is 11.9. The van der Waals surface area contributed by atoms with E-state index in [1.807, 2.05) is 6.92 Å². The summed E-state index contributed by atoms with van der Waals surface area (Å²) in [4.78, 5) is 27.3. The van der Waals surface area contributed by atoms with Crippen molar-refractivity contribution in [1.82, 2.24) is 15.6 Å². The van der Waals surface area contributed by atoms with Crippen LogP contribution in [-0.4, -0.2) is 40.8 Å². The third-order valence-electron chi connectivity index (χ3n) is 3.46. The molecule has 2 rings (SSSR count). The molecule has 0 bridgehead atoms. The van der Waals surface area contributed by atoms with Crippen molar-refractivity contribution in [3.05, 3.63) is 17.8 Å². The van der Waals surface area contributed by atoms with Crippen molar-refractivity contribution in [3.8, 4) is 0 Å². The molecule has 21 heavy (non-hydrogen) atoms. The number of nitrogens with zero attached hydrogens (tertiary/aromatic N) is 1. The number of urea groups is 1. The van der Waals surface area contributed by atoms with Crippen molar-refractivity contribution in [3.63, 3.8) is 0 Å². The van der Waals surface area contributed by atoms with Gasteiger partial charge in [0.25, 0.3) is 0 Å². The van der Waals surface area contributed by atoms with E-state index in [4.69, 9.17) is 9.15 Å². The monoisotopic (exact) mass is 297 g/mol. The number of aromatic nitrogens is 1. The molecule has 3 N–H and O–H groups in total. The molecule has 2 amide bonds. The number of carbonyl (C=O) groups excluding carboxylic acids is 1. The highest BCUT2D eigenvalue weighted by Crippen LogP contribution is 2.20. The first-order valence-corrected chi connectivity index (χ1v) is 6.86. The van der Waals surface area contributed by atoms with E-state index in [1.165, 1.54) is 0 Å². The lowest BCUT2D eigenvalue weighted by Gasteiger charge is -2.33. The third kappa shape index (κ3) is 3.72. The molecule has 8 heteroatoms. The van der Waals surface area contributed by atoms with Crippen LogP contribution >= 0.6 is 0 Å². The van der Waals surface area contributed by atoms with E-state index in [1.54, 1.807) is 6.20 Å². The van der Waals surface area contributed by atoms with E-state index in [-0.39, 0.29) is 19.4 Å². The summed E-state index contributed by atoms with van der Waals surface area (Å²) in [6.45, 7) is 2.67. The zero-order chi connectivity index (χ0) is 15.3. The minimum absolute atomic E-state index is 0.109. The molecule has 0 saturated carbocycles. The first kappa shape index (κ1) is 15.3. The second-order valence-electron chi connectivity index (χ2n) is 4.88. The SMILES string of the molecule is CCc1cnc(CNC(=O)NC2(C(=O)O)CCOCC2)o1. The van der Waals surface area contributed by atoms with Crippen LogP contribution in [0.1, 0.15) is 31.4 Å². The molecule has 0 aromatic carbocycles. The Balaban J connectivity index is 1.89. The molecule has 0 unspecified atom stereocenters. The Kier molecular flexibility index (Phi) is 4.79. The summed E-state index contributed by atoms with van der Waals surface area (Å²) in [5.41, 5.74) is -1.27. The molecule has 1 aromatic heterocycles. The number of carboxylic acid groups (broad SMARTS) is 1. The van der Waals surface area contributed by atoms with Crippen molar-refractivity contribution in [2.75, 3.05) is 13.2 Å². The van der Waals surface area contributed by atoms with Crippen molar-refractivity contribution >= 4 is 12.0 Å². The van der Waals surface area contributed by atoms with E-state index >= 15 is 0 Å². The average Bonchev–Trinajstić information content (AvgIpc) is 2.94. The quantitative estimate of drug-likeness (QED) is 0.736. The molecular weight excluding hydrogens is 278 g/mol. The molecule has 1 fully saturated rings. The molecule has 2 heterocycles. The predicted molar refractivity (Wildman–Crippen MR) is 71.7 cm³/mol. The number of hydrogen-bond donors (Lipinski definition) is 3. The maximum atomic E-state index is 11.9. The highest BCUT2D eigenvalue weighted by molar-refractivity contribution is 5.86. The minimum atomic E-state index is -1.27. The number of rotatable bonds is 5. The van der Waals surface area contributed by atoms with Gasteiger partial charge in [-0.25, -0.2) is 14.6 Å². The van der Waals surface area contributed by atoms with Gasteiger partial charge in [0.15, 0.2) is 0 Å². The van der Waals surface area contributed by atoms with Crippen LogP contribution < -0.4 is 10.6 Å². The fourth-order valence-electron chi connectivity index (χ4n) is 2.12. The number of oxazole rings is 1. The molecule has 0 radical (unpaired) electrons. The van der Waals surface area contributed by atoms with Gasteiger partial charge >= 0.3 is 12.0 Å². The number of nitrogens with one attached hydrogen (secondary N) is 2. The first-order chi connectivity index (χ1) is 10.1. The van der Waals surface area contributed by atoms with E-state index in [0.29, 0.717) is 19.1 Å². The molecule has 1 saturated heterocycles. The van der Waals surface area contributed by atoms with Gasteiger partial charge in [-0.15, -0.1) is 0 Å². The van der Waals surface area contributed by atoms with Crippen LogP contribution in [0.2, 0.25) is 0 Å². The van der Waals surface area contributed by atoms with Gasteiger partial charge in [0.2, 0.25) is 5.89 Å². The second kappa shape index (κ2) is 6.57. The molecule has 0 spiro atoms. The van der Waals surface area contributed by atoms with E-state index < -0.39 is 17.5 Å². The number of carbonyl (C=O) groups is 2. The fourth-order valence-corrected chi connectivity index (χ4v) is 2.12. The first-order valence-electron chi connectivity index (χ1n) is 6.86. The van der Waals surface area contributed by atoms with E-state index in [2.05, 4.69) is 15.6 Å². The van der Waals surface area contributed by atoms with Gasteiger partial charge in [0, 0.05) is 32.5 Å². The summed E-state index contributed by atoms with van der Waals surface area (Å²) in [6.07, 6.45) is 2.82. The Morgan fingerprint density at radius 3 is 2.71 bits per heavy atom. The average molecular weight is 297 g/mol. The Hall–Kier alpha value is -2.09. The van der Waals surface area contributed by atoms with Gasteiger partial charge in [0.1, 0.15) is 11.3 Å². The highest BCUT2D eigenvalue weighted by Gasteiger charge is 2.41. The van der Waals surface area contributed by atoms with E-state index in [0.717, 1.165) is 12.2 Å². The zero-order valence-electron chi connectivity index (χ0n) is 11.8. The van der Waals surface area contributed by atoms with Crippen LogP contribution in [-0.2, 0) is 22.5 Å². The number of hydrogen-bond acceptors (Lipinski definition) is 5. The van der Waals surface area contributed by atoms with Gasteiger partial charge in [-0.1, -0.05) is 6.92 Å². The van der Waals surface area contributed by atoms with Gasteiger partial charge in [-0.3, -0.25) is 0 Å². The minimum Gasteiger partial charge on any atom is -0.480 e. The molecule has 116 valence electrons. The Labute approximate surface area is 121 Å². The van der Waals surface area contributed by atoms with Crippen molar-refractivity contribution in [2.24, 2.45) is 0 Å². The molecule has 1 aromatic rings. The number of carboxylic acids is 1. The molecule has 1 aliphatic rings. The Morgan fingerprint density at radius 1 is 1.43 bits per heavy atom. The number of amides is 2. The van der Waals surface area contributed by atoms with Crippen LogP contribution in [0.5, 0.6) is 0 Å². The maximum Gasteiger partial charge on any atom is 0.329 e. The molecular formula is C13H19N3O5. The van der Waals surface area contributed by atoms with Crippen molar-refractivity contribution < 1.29 is 23.8 Å². The summed E-state index contributed by atoms with van der Waals surface area (Å²) < 4.78 is 10.5. The molecule has 8 nitrogen and oxygen atoms in total. The van der Waals surface area contributed by atoms with Gasteiger partial charge in [-0.05, 0) is 0 Å². The summed E-state index contributed by atoms with van der Waals surface area (Å²) >= 11 is 0. The summed E-state index contributed by atoms with van der Waals surface area (Å²) in [7, 11) is 0. The smallest absolute Gasteiger partial charge is 0.329 e. The molecule has 0 atom stereocenters. The Morgan fingerprint density at radius 2 is 2.14 bits per heavy atom. The normalized spacial score (nSPS) is 17.2. The predicted octanol–water partition coefficient (Wildman–Crippen LogP) is 0.670. The van der Waals surface area contributed by atoms with E-state index in [9.17, 15) is 14.7 Å². The summed E-state index contributed by atoms with van der Waals surface area (Å²) in [5, 5.41) is 14.4. The Bertz CT molecular complexity index is 508. The van der Waals surface area contributed by atoms with Crippen LogP contribution in [0, 0.1) is 0 Å². The van der Waals surface area contributed by atoms with Gasteiger partial charge < -0.3 is 24.9 Å². The molecule has 0 aliphatic carbocycles. The van der Waals surface area contributed by atoms with Crippen LogP contribution in [0.25, 0.3) is 0 Å². The zero-order valence-corrected chi connectivity index (χ0v) is 11.8. The van der Waals surface area contributed by atoms with Crippen molar-refractivity contribution in [2.45, 2.75) is 38.3 Å². The lowest BCUT2D eigenvalue weighted by atomic mass is 9.90. The standard InChI is InChI=1S/C13H19N3O5/c1-2-9-7-14-10(21-9)8-15-12(19)16-13(11(17)18)3-5-20-6-4-13/h7H,2-6,8H2,1H3,(H,17,18)(H2,15,16,19). The highest BCUT2D eigenvalue weighted by atomic mass is 16.5. The summed E-state index contributed by atoms with van der Waals surface area (Å²) in [5.74, 6) is 0.0716. The van der Waals surface area contributed by atoms with Crippen LogP contribution in [0.4, 0.5) is 4.79 Å². The number of aryl methyl sites for hydroxylation is 1. The van der Waals surface area contributed by atoms with Crippen LogP contribution in [0.3, 0.4) is 0 Å². The lowest BCUT2D eigenvalue weighted by molar-refractivity contribution is -0.148. The molecule has 1 aliphatic heterocycles. The lowest BCUT2D eigenvalue weighted by Crippen LogP contribution is -2.59. The third-order valence-corrected chi connectivity index (χ3v) is 3.46. The van der Waals surface area contributed by atoms with Crippen molar-refractivity contribution in [1.29, 1.82) is 0 Å². The topological polar surface area (TPSA) is 114 Å². The van der Waals surface area contributed by atoms with Crippen LogP contribution in [0.15, 0.2) is 10.6 Å². The largest absolute Gasteiger partial charge is 0.480 e. The van der Waals surface area contributed by atoms with Gasteiger partial charge in [0.05, 0.1) is 12.7 Å². The number of ether oxygens (including phenoxy) is 1. The van der Waals surface area contributed by atoms with Gasteiger partial charge in [-0.2, -0.15) is 0 Å². The fraction of sp³-hybridized carbons (Fsp3) is 0.615. The second-order valence-corrected chi connectivity index (χ2v) is 4.88.